The van der Waals surface area contributed by atoms with Crippen LogP contribution in [0.3, 0.4) is 0 Å². The van der Waals surface area contributed by atoms with Crippen molar-refractivity contribution in [3.63, 3.8) is 0 Å². The summed E-state index contributed by atoms with van der Waals surface area (Å²) in [7, 11) is 0. The molecular formula is C18H24N2S. The van der Waals surface area contributed by atoms with Gasteiger partial charge in [0.05, 0.1) is 5.69 Å². The summed E-state index contributed by atoms with van der Waals surface area (Å²) in [6, 6.07) is 6.77. The van der Waals surface area contributed by atoms with Crippen LogP contribution in [-0.2, 0) is 12.8 Å². The Morgan fingerprint density at radius 3 is 2.95 bits per heavy atom. The second kappa shape index (κ2) is 6.61. The molecule has 0 saturated carbocycles. The summed E-state index contributed by atoms with van der Waals surface area (Å²) in [5.74, 6) is 0. The second-order valence-corrected chi connectivity index (χ2v) is 6.69. The average Bonchev–Trinajstić information content (AvgIpc) is 2.88. The van der Waals surface area contributed by atoms with Crippen molar-refractivity contribution in [2.45, 2.75) is 52.4 Å². The Bertz CT molecular complexity index is 679. The maximum absolute atomic E-state index is 4.82. The normalized spacial score (nSPS) is 15.2. The van der Waals surface area contributed by atoms with Crippen LogP contribution in [0.4, 0.5) is 0 Å². The summed E-state index contributed by atoms with van der Waals surface area (Å²) in [5, 5.41) is 2.23. The highest BCUT2D eigenvalue weighted by Gasteiger charge is 2.15. The van der Waals surface area contributed by atoms with Crippen LogP contribution in [0.5, 0.6) is 0 Å². The lowest BCUT2D eigenvalue weighted by molar-refractivity contribution is 0.679. The summed E-state index contributed by atoms with van der Waals surface area (Å²) < 4.78 is 2.37. The Morgan fingerprint density at radius 1 is 1.24 bits per heavy atom. The van der Waals surface area contributed by atoms with E-state index in [1.54, 1.807) is 16.9 Å². The van der Waals surface area contributed by atoms with Gasteiger partial charge in [-0.1, -0.05) is 25.5 Å². The van der Waals surface area contributed by atoms with Crippen molar-refractivity contribution in [1.82, 2.24) is 4.57 Å². The van der Waals surface area contributed by atoms with Gasteiger partial charge < -0.3 is 0 Å². The molecule has 0 saturated heterocycles. The van der Waals surface area contributed by atoms with Crippen LogP contribution in [0.15, 0.2) is 28.6 Å². The number of hydrogen-bond acceptors (Lipinski definition) is 2. The topological polar surface area (TPSA) is 17.3 Å². The first-order valence-corrected chi connectivity index (χ1v) is 8.98. The molecular weight excluding hydrogens is 276 g/mol. The van der Waals surface area contributed by atoms with Gasteiger partial charge in [-0.2, -0.15) is 0 Å². The molecule has 1 heterocycles. The van der Waals surface area contributed by atoms with Gasteiger partial charge in [-0.15, -0.1) is 11.3 Å². The third-order valence-corrected chi connectivity index (χ3v) is 5.23. The molecule has 0 fully saturated rings. The van der Waals surface area contributed by atoms with Crippen molar-refractivity contribution < 1.29 is 0 Å². The van der Waals surface area contributed by atoms with Crippen LogP contribution in [-0.4, -0.2) is 11.1 Å². The highest BCUT2D eigenvalue weighted by atomic mass is 32.1. The maximum atomic E-state index is 4.82. The predicted octanol–water partition coefficient (Wildman–Crippen LogP) is 4.43. The van der Waals surface area contributed by atoms with Crippen LogP contribution in [0.1, 0.15) is 49.4 Å². The fourth-order valence-electron chi connectivity index (χ4n) is 3.10. The molecule has 21 heavy (non-hydrogen) atoms. The number of aromatic nitrogens is 1. The highest BCUT2D eigenvalue weighted by Crippen LogP contribution is 2.27. The van der Waals surface area contributed by atoms with Crippen LogP contribution in [0.25, 0.3) is 5.69 Å². The largest absolute Gasteiger partial charge is 0.290 e. The van der Waals surface area contributed by atoms with Crippen molar-refractivity contribution in [1.29, 1.82) is 0 Å². The van der Waals surface area contributed by atoms with E-state index in [-0.39, 0.29) is 0 Å². The quantitative estimate of drug-likeness (QED) is 0.743. The molecule has 3 heteroatoms. The summed E-state index contributed by atoms with van der Waals surface area (Å²) in [5.41, 5.74) is 5.74. The second-order valence-electron chi connectivity index (χ2n) is 5.85. The number of hydrogen-bond donors (Lipinski definition) is 0. The molecule has 1 aromatic carbocycles. The summed E-state index contributed by atoms with van der Waals surface area (Å²) >= 11 is 1.77. The van der Waals surface area contributed by atoms with Gasteiger partial charge in [-0.25, -0.2) is 0 Å². The smallest absolute Gasteiger partial charge is 0.189 e. The first-order chi connectivity index (χ1) is 10.3. The molecule has 0 spiro atoms. The molecule has 1 aromatic heterocycles. The van der Waals surface area contributed by atoms with Gasteiger partial charge in [0.1, 0.15) is 0 Å². The van der Waals surface area contributed by atoms with Crippen molar-refractivity contribution >= 4 is 11.3 Å². The highest BCUT2D eigenvalue weighted by molar-refractivity contribution is 7.07. The Kier molecular flexibility index (Phi) is 4.59. The Morgan fingerprint density at radius 2 is 2.10 bits per heavy atom. The van der Waals surface area contributed by atoms with Crippen molar-refractivity contribution in [3.05, 3.63) is 45.2 Å². The van der Waals surface area contributed by atoms with E-state index in [0.29, 0.717) is 0 Å². The van der Waals surface area contributed by atoms with Gasteiger partial charge in [0, 0.05) is 17.6 Å². The molecule has 3 rings (SSSR count). The molecule has 1 aliphatic carbocycles. The molecule has 0 aliphatic heterocycles. The van der Waals surface area contributed by atoms with Gasteiger partial charge in [0.15, 0.2) is 4.80 Å². The van der Waals surface area contributed by atoms with E-state index in [2.05, 4.69) is 42.0 Å². The molecule has 2 nitrogen and oxygen atoms in total. The molecule has 112 valence electrons. The molecule has 0 atom stereocenters. The third kappa shape index (κ3) is 2.98. The Hall–Kier alpha value is -1.35. The van der Waals surface area contributed by atoms with E-state index in [4.69, 9.17) is 4.99 Å². The minimum atomic E-state index is 0.936. The monoisotopic (exact) mass is 300 g/mol. The zero-order valence-electron chi connectivity index (χ0n) is 13.1. The van der Waals surface area contributed by atoms with Crippen molar-refractivity contribution in [2.75, 3.05) is 6.54 Å². The SMILES string of the molecule is CCCCN=c1scc(C)n1-c1cccc2c1CCCC2. The Balaban J connectivity index is 2.09. The lowest BCUT2D eigenvalue weighted by atomic mass is 9.90. The van der Waals surface area contributed by atoms with Gasteiger partial charge in [-0.3, -0.25) is 9.56 Å². The minimum Gasteiger partial charge on any atom is -0.290 e. The zero-order chi connectivity index (χ0) is 14.7. The molecule has 0 radical (unpaired) electrons. The Labute approximate surface area is 131 Å². The average molecular weight is 300 g/mol. The van der Waals surface area contributed by atoms with Crippen LogP contribution in [0, 0.1) is 6.92 Å². The fourth-order valence-corrected chi connectivity index (χ4v) is 3.99. The molecule has 0 amide bonds. The number of unbranched alkanes of at least 4 members (excludes halogenated alkanes) is 1. The fraction of sp³-hybridized carbons (Fsp3) is 0.500. The van der Waals surface area contributed by atoms with Gasteiger partial charge in [0.25, 0.3) is 0 Å². The minimum absolute atomic E-state index is 0.936. The van der Waals surface area contributed by atoms with E-state index >= 15 is 0 Å². The number of benzene rings is 1. The molecule has 2 aromatic rings. The third-order valence-electron chi connectivity index (χ3n) is 4.25. The van der Waals surface area contributed by atoms with E-state index in [0.717, 1.165) is 11.3 Å². The van der Waals surface area contributed by atoms with Crippen molar-refractivity contribution in [2.24, 2.45) is 4.99 Å². The van der Waals surface area contributed by atoms with E-state index in [1.165, 1.54) is 55.5 Å². The number of nitrogens with zero attached hydrogens (tertiary/aromatic N) is 2. The first kappa shape index (κ1) is 14.6. The first-order valence-electron chi connectivity index (χ1n) is 8.10. The molecule has 0 bridgehead atoms. The molecule has 1 aliphatic rings. The number of thiazole rings is 1. The summed E-state index contributed by atoms with van der Waals surface area (Å²) in [4.78, 5) is 5.98. The number of rotatable bonds is 4. The van der Waals surface area contributed by atoms with Crippen LogP contribution in [0.2, 0.25) is 0 Å². The maximum Gasteiger partial charge on any atom is 0.189 e. The number of aryl methyl sites for hydroxylation is 2. The van der Waals surface area contributed by atoms with Gasteiger partial charge in [-0.05, 0) is 56.2 Å². The van der Waals surface area contributed by atoms with E-state index < -0.39 is 0 Å². The van der Waals surface area contributed by atoms with Gasteiger partial charge >= 0.3 is 0 Å². The molecule has 0 N–H and O–H groups in total. The lowest BCUT2D eigenvalue weighted by Gasteiger charge is -2.20. The molecule has 0 unspecified atom stereocenters. The lowest BCUT2D eigenvalue weighted by Crippen LogP contribution is -2.18. The van der Waals surface area contributed by atoms with Gasteiger partial charge in [0.2, 0.25) is 0 Å². The standard InChI is InChI=1S/C18H24N2S/c1-3-4-12-19-18-20(14(2)13-21-18)17-11-7-9-15-8-5-6-10-16(15)17/h7,9,11,13H,3-6,8,10,12H2,1-2H3. The summed E-state index contributed by atoms with van der Waals surface area (Å²) in [6.07, 6.45) is 7.46. The van der Waals surface area contributed by atoms with Crippen LogP contribution >= 0.6 is 11.3 Å². The zero-order valence-corrected chi connectivity index (χ0v) is 13.9. The predicted molar refractivity (Wildman–Crippen MR) is 90.4 cm³/mol. The number of fused-ring (bicyclic) bond motifs is 1. The van der Waals surface area contributed by atoms with Crippen molar-refractivity contribution in [3.8, 4) is 5.69 Å². The summed E-state index contributed by atoms with van der Waals surface area (Å²) in [6.45, 7) is 5.35. The van der Waals surface area contributed by atoms with E-state index in [1.807, 2.05) is 0 Å². The van der Waals surface area contributed by atoms with E-state index in [9.17, 15) is 0 Å². The van der Waals surface area contributed by atoms with Crippen LogP contribution < -0.4 is 4.80 Å².